The topological polar surface area (TPSA) is 62.6 Å². The number of hydrogen-bond acceptors (Lipinski definition) is 4. The van der Waals surface area contributed by atoms with Crippen LogP contribution in [-0.4, -0.2) is 37.9 Å². The zero-order chi connectivity index (χ0) is 14.5. The van der Waals surface area contributed by atoms with Gasteiger partial charge in [0, 0.05) is 25.2 Å². The third-order valence-corrected chi connectivity index (χ3v) is 6.63. The molecule has 2 aliphatic rings. The maximum atomic E-state index is 12.7. The molecule has 0 saturated carbocycles. The molecule has 0 amide bonds. The van der Waals surface area contributed by atoms with Gasteiger partial charge in [0.05, 0.1) is 0 Å². The summed E-state index contributed by atoms with van der Waals surface area (Å²) in [6, 6.07) is 2.66. The summed E-state index contributed by atoms with van der Waals surface area (Å²) in [7, 11) is -1.75. The van der Waals surface area contributed by atoms with E-state index in [0.717, 1.165) is 12.8 Å². The zero-order valence-electron chi connectivity index (χ0n) is 12.6. The Morgan fingerprint density at radius 3 is 2.29 bits per heavy atom. The summed E-state index contributed by atoms with van der Waals surface area (Å²) in [5, 5.41) is 3.54. The number of rotatable bonds is 3. The van der Waals surface area contributed by atoms with E-state index in [1.54, 1.807) is 31.3 Å². The van der Waals surface area contributed by atoms with Gasteiger partial charge in [0.1, 0.15) is 16.4 Å². The highest BCUT2D eigenvalue weighted by Crippen LogP contribution is 2.32. The first kappa shape index (κ1) is 16.8. The number of nitrogens with one attached hydrogen (secondary N) is 1. The number of sulfonamides is 1. The van der Waals surface area contributed by atoms with Crippen molar-refractivity contribution in [3.8, 4) is 0 Å². The molecule has 0 spiro atoms. The third kappa shape index (κ3) is 2.99. The summed E-state index contributed by atoms with van der Waals surface area (Å²) in [6.07, 6.45) is 4.14. The van der Waals surface area contributed by atoms with Gasteiger partial charge in [-0.2, -0.15) is 4.31 Å². The van der Waals surface area contributed by atoms with E-state index >= 15 is 0 Å². The van der Waals surface area contributed by atoms with Crippen LogP contribution < -0.4 is 5.32 Å². The highest BCUT2D eigenvalue weighted by atomic mass is 35.5. The first-order chi connectivity index (χ1) is 9.38. The maximum Gasteiger partial charge on any atom is 0.246 e. The Morgan fingerprint density at radius 2 is 1.81 bits per heavy atom. The van der Waals surface area contributed by atoms with Crippen molar-refractivity contribution in [2.75, 3.05) is 7.05 Å². The molecule has 5 nitrogen and oxygen atoms in total. The van der Waals surface area contributed by atoms with Gasteiger partial charge >= 0.3 is 0 Å². The second-order valence-corrected chi connectivity index (χ2v) is 8.03. The SMILES string of the molecule is Cc1cc(S(=O)(=O)N(C)C2CC3CCC(C2)N3)c(C)o1.Cl. The molecule has 2 aliphatic heterocycles. The van der Waals surface area contributed by atoms with Gasteiger partial charge in [-0.15, -0.1) is 12.4 Å². The van der Waals surface area contributed by atoms with E-state index in [9.17, 15) is 8.42 Å². The molecule has 2 bridgehead atoms. The van der Waals surface area contributed by atoms with Gasteiger partial charge in [0.25, 0.3) is 0 Å². The van der Waals surface area contributed by atoms with Gasteiger partial charge in [-0.05, 0) is 45.6 Å². The number of aryl methyl sites for hydroxylation is 2. The normalized spacial score (nSPS) is 28.7. The fraction of sp³-hybridized carbons (Fsp3) is 0.714. The molecule has 2 atom stereocenters. The first-order valence-electron chi connectivity index (χ1n) is 7.19. The monoisotopic (exact) mass is 334 g/mol. The maximum absolute atomic E-state index is 12.7. The molecule has 0 aliphatic carbocycles. The fourth-order valence-electron chi connectivity index (χ4n) is 3.54. The van der Waals surface area contributed by atoms with Crippen LogP contribution in [0.4, 0.5) is 0 Å². The van der Waals surface area contributed by atoms with Gasteiger partial charge < -0.3 is 9.73 Å². The molecular formula is C14H23ClN2O3S. The van der Waals surface area contributed by atoms with E-state index < -0.39 is 10.0 Å². The summed E-state index contributed by atoms with van der Waals surface area (Å²) >= 11 is 0. The molecule has 0 radical (unpaired) electrons. The molecule has 2 saturated heterocycles. The Bertz CT molecular complexity index is 602. The van der Waals surface area contributed by atoms with Gasteiger partial charge in [0.2, 0.25) is 10.0 Å². The van der Waals surface area contributed by atoms with Crippen LogP contribution in [0.2, 0.25) is 0 Å². The van der Waals surface area contributed by atoms with Gasteiger partial charge in [-0.25, -0.2) is 8.42 Å². The van der Waals surface area contributed by atoms with Crippen LogP contribution in [0, 0.1) is 13.8 Å². The number of furan rings is 1. The van der Waals surface area contributed by atoms with Crippen molar-refractivity contribution < 1.29 is 12.8 Å². The number of halogens is 1. The van der Waals surface area contributed by atoms with E-state index in [1.165, 1.54) is 12.8 Å². The van der Waals surface area contributed by atoms with E-state index in [-0.39, 0.29) is 18.4 Å². The largest absolute Gasteiger partial charge is 0.465 e. The molecule has 120 valence electrons. The van der Waals surface area contributed by atoms with Crippen LogP contribution in [0.25, 0.3) is 0 Å². The van der Waals surface area contributed by atoms with Crippen molar-refractivity contribution in [3.05, 3.63) is 17.6 Å². The zero-order valence-corrected chi connectivity index (χ0v) is 14.3. The van der Waals surface area contributed by atoms with Crippen LogP contribution in [-0.2, 0) is 10.0 Å². The number of hydrogen-bond donors (Lipinski definition) is 1. The minimum atomic E-state index is -3.46. The van der Waals surface area contributed by atoms with Crippen molar-refractivity contribution in [2.45, 2.75) is 62.6 Å². The Kier molecular flexibility index (Phi) is 4.73. The lowest BCUT2D eigenvalue weighted by Crippen LogP contribution is -2.48. The van der Waals surface area contributed by atoms with Crippen molar-refractivity contribution in [2.24, 2.45) is 0 Å². The van der Waals surface area contributed by atoms with E-state index in [4.69, 9.17) is 4.42 Å². The second-order valence-electron chi connectivity index (χ2n) is 6.06. The van der Waals surface area contributed by atoms with E-state index in [0.29, 0.717) is 28.5 Å². The van der Waals surface area contributed by atoms with Gasteiger partial charge in [-0.3, -0.25) is 0 Å². The lowest BCUT2D eigenvalue weighted by atomic mass is 10.0. The molecule has 1 aromatic heterocycles. The molecule has 0 aromatic carbocycles. The first-order valence-corrected chi connectivity index (χ1v) is 8.63. The van der Waals surface area contributed by atoms with E-state index in [2.05, 4.69) is 5.32 Å². The number of nitrogens with zero attached hydrogens (tertiary/aromatic N) is 1. The lowest BCUT2D eigenvalue weighted by molar-refractivity contribution is 0.251. The lowest BCUT2D eigenvalue weighted by Gasteiger charge is -2.34. The minimum Gasteiger partial charge on any atom is -0.465 e. The Balaban J connectivity index is 0.00000161. The Labute approximate surface area is 132 Å². The molecule has 2 unspecified atom stereocenters. The summed E-state index contributed by atoms with van der Waals surface area (Å²) < 4.78 is 32.4. The van der Waals surface area contributed by atoms with Crippen molar-refractivity contribution in [1.29, 1.82) is 0 Å². The summed E-state index contributed by atoms with van der Waals surface area (Å²) in [5.41, 5.74) is 0. The van der Waals surface area contributed by atoms with Crippen LogP contribution in [0.3, 0.4) is 0 Å². The fourth-order valence-corrected chi connectivity index (χ4v) is 5.13. The summed E-state index contributed by atoms with van der Waals surface area (Å²) in [6.45, 7) is 3.48. The van der Waals surface area contributed by atoms with Gasteiger partial charge in [-0.1, -0.05) is 0 Å². The molecule has 21 heavy (non-hydrogen) atoms. The predicted octanol–water partition coefficient (Wildman–Crippen LogP) is 2.22. The van der Waals surface area contributed by atoms with Crippen molar-refractivity contribution in [3.63, 3.8) is 0 Å². The molecule has 1 aromatic rings. The number of fused-ring (bicyclic) bond motifs is 2. The van der Waals surface area contributed by atoms with Crippen LogP contribution in [0.1, 0.15) is 37.2 Å². The highest BCUT2D eigenvalue weighted by Gasteiger charge is 2.39. The number of piperidine rings is 1. The van der Waals surface area contributed by atoms with Gasteiger partial charge in [0.15, 0.2) is 0 Å². The van der Waals surface area contributed by atoms with E-state index in [1.807, 2.05) is 0 Å². The smallest absolute Gasteiger partial charge is 0.246 e. The highest BCUT2D eigenvalue weighted by molar-refractivity contribution is 7.89. The average molecular weight is 335 g/mol. The summed E-state index contributed by atoms with van der Waals surface area (Å²) in [4.78, 5) is 0.309. The van der Waals surface area contributed by atoms with Crippen LogP contribution in [0.15, 0.2) is 15.4 Å². The standard InChI is InChI=1S/C14H22N2O3S.ClH/c1-9-6-14(10(2)19-9)20(17,18)16(3)13-7-11-4-5-12(8-13)15-11;/h6,11-13,15H,4-5,7-8H2,1-3H3;1H. The Hall–Kier alpha value is -0.560. The summed E-state index contributed by atoms with van der Waals surface area (Å²) in [5.74, 6) is 1.12. The molecule has 2 fully saturated rings. The molecule has 3 heterocycles. The van der Waals surface area contributed by atoms with Crippen LogP contribution in [0.5, 0.6) is 0 Å². The second kappa shape index (κ2) is 5.91. The molecule has 7 heteroatoms. The Morgan fingerprint density at radius 1 is 1.24 bits per heavy atom. The quantitative estimate of drug-likeness (QED) is 0.920. The van der Waals surface area contributed by atoms with Crippen molar-refractivity contribution >= 4 is 22.4 Å². The molecule has 3 rings (SSSR count). The van der Waals surface area contributed by atoms with Crippen molar-refractivity contribution in [1.82, 2.24) is 9.62 Å². The molecular weight excluding hydrogens is 312 g/mol. The molecule has 1 N–H and O–H groups in total. The van der Waals surface area contributed by atoms with Crippen LogP contribution >= 0.6 is 12.4 Å². The predicted molar refractivity (Wildman–Crippen MR) is 83.3 cm³/mol. The minimum absolute atomic E-state index is 0. The third-order valence-electron chi connectivity index (χ3n) is 4.61. The average Bonchev–Trinajstić information content (AvgIpc) is 2.90.